The maximum Gasteiger partial charge on any atom is 0.276 e. The van der Waals surface area contributed by atoms with Gasteiger partial charge >= 0.3 is 0 Å². The molecule has 0 unspecified atom stereocenters. The van der Waals surface area contributed by atoms with E-state index in [1.54, 1.807) is 12.1 Å². The Morgan fingerprint density at radius 2 is 1.51 bits per heavy atom. The lowest BCUT2D eigenvalue weighted by Gasteiger charge is -2.35. The van der Waals surface area contributed by atoms with Crippen LogP contribution in [0.1, 0.15) is 10.5 Å². The second-order valence-electron chi connectivity index (χ2n) is 8.74. The smallest absolute Gasteiger partial charge is 0.276 e. The number of ether oxygens (including phenoxy) is 1. The summed E-state index contributed by atoms with van der Waals surface area (Å²) in [5.74, 6) is 0.390. The Morgan fingerprint density at radius 1 is 0.865 bits per heavy atom. The van der Waals surface area contributed by atoms with Crippen molar-refractivity contribution in [1.29, 1.82) is 0 Å². The fraction of sp³-hybridized carbons (Fsp3) is 0.207. The van der Waals surface area contributed by atoms with Crippen LogP contribution >= 0.6 is 0 Å². The molecule has 1 aliphatic rings. The number of rotatable bonds is 7. The Bertz CT molecular complexity index is 1350. The van der Waals surface area contributed by atoms with Crippen molar-refractivity contribution >= 4 is 23.2 Å². The van der Waals surface area contributed by atoms with Crippen LogP contribution in [0.25, 0.3) is 22.8 Å². The lowest BCUT2D eigenvalue weighted by atomic mass is 10.1. The third-order valence-electron chi connectivity index (χ3n) is 6.24. The van der Waals surface area contributed by atoms with E-state index in [2.05, 4.69) is 27.3 Å². The van der Waals surface area contributed by atoms with E-state index in [4.69, 9.17) is 9.15 Å². The molecule has 37 heavy (non-hydrogen) atoms. The van der Waals surface area contributed by atoms with Crippen LogP contribution < -0.4 is 10.2 Å². The Kier molecular flexibility index (Phi) is 7.28. The molecule has 8 nitrogen and oxygen atoms in total. The Morgan fingerprint density at radius 3 is 2.16 bits per heavy atom. The van der Waals surface area contributed by atoms with E-state index in [-0.39, 0.29) is 24.1 Å². The number of carbonyl (C=O) groups is 2. The van der Waals surface area contributed by atoms with E-state index in [9.17, 15) is 9.59 Å². The number of oxazole rings is 1. The van der Waals surface area contributed by atoms with Gasteiger partial charge in [-0.05, 0) is 48.5 Å². The summed E-state index contributed by atoms with van der Waals surface area (Å²) in [6, 6.07) is 26.9. The first-order valence-electron chi connectivity index (χ1n) is 12.2. The van der Waals surface area contributed by atoms with Gasteiger partial charge in [-0.25, -0.2) is 4.98 Å². The molecule has 4 aromatic rings. The van der Waals surface area contributed by atoms with Crippen molar-refractivity contribution in [2.45, 2.75) is 0 Å². The van der Waals surface area contributed by atoms with Crippen molar-refractivity contribution in [1.82, 2.24) is 9.88 Å². The highest BCUT2D eigenvalue weighted by Crippen LogP contribution is 2.32. The molecule has 188 valence electrons. The fourth-order valence-corrected chi connectivity index (χ4v) is 4.35. The number of nitrogens with one attached hydrogen (secondary N) is 1. The van der Waals surface area contributed by atoms with Gasteiger partial charge in [0, 0.05) is 55.8 Å². The molecule has 1 N–H and O–H groups in total. The van der Waals surface area contributed by atoms with Crippen molar-refractivity contribution in [3.63, 3.8) is 0 Å². The summed E-state index contributed by atoms with van der Waals surface area (Å²) in [5, 5.41) is 2.77. The molecule has 1 saturated heterocycles. The maximum absolute atomic E-state index is 13.7. The summed E-state index contributed by atoms with van der Waals surface area (Å²) in [6.07, 6.45) is 0. The molecule has 0 saturated carbocycles. The van der Waals surface area contributed by atoms with Gasteiger partial charge in [0.05, 0.1) is 0 Å². The highest BCUT2D eigenvalue weighted by Gasteiger charge is 2.29. The Hall–Kier alpha value is -4.43. The quantitative estimate of drug-likeness (QED) is 0.404. The number of benzene rings is 3. The molecule has 1 aromatic heterocycles. The standard InChI is InChI=1S/C29H28N4O4/c1-36-20-25(34)30-23-14-12-21(13-15-23)27-26(31-28(37-27)22-8-4-2-5-9-22)29(35)33-18-16-32(17-19-33)24-10-6-3-7-11-24/h2-15H,16-20H2,1H3,(H,30,34). The van der Waals surface area contributed by atoms with Gasteiger partial charge in [-0.1, -0.05) is 36.4 Å². The first-order valence-corrected chi connectivity index (χ1v) is 12.2. The molecule has 0 bridgehead atoms. The first kappa shape index (κ1) is 24.3. The average molecular weight is 497 g/mol. The molecule has 8 heteroatoms. The number of hydrogen-bond donors (Lipinski definition) is 1. The number of hydrogen-bond acceptors (Lipinski definition) is 6. The monoisotopic (exact) mass is 496 g/mol. The third kappa shape index (κ3) is 5.54. The molecule has 0 aliphatic carbocycles. The molecular weight excluding hydrogens is 468 g/mol. The van der Waals surface area contributed by atoms with Crippen LogP contribution in [-0.4, -0.2) is 61.6 Å². The van der Waals surface area contributed by atoms with Crippen LogP contribution in [0.4, 0.5) is 11.4 Å². The van der Waals surface area contributed by atoms with Crippen molar-refractivity contribution in [2.24, 2.45) is 0 Å². The van der Waals surface area contributed by atoms with E-state index in [1.807, 2.05) is 65.6 Å². The number of anilines is 2. The molecule has 1 aliphatic heterocycles. The second kappa shape index (κ2) is 11.1. The minimum atomic E-state index is -0.244. The van der Waals surface area contributed by atoms with Crippen molar-refractivity contribution in [3.05, 3.63) is 90.6 Å². The van der Waals surface area contributed by atoms with E-state index in [0.29, 0.717) is 36.0 Å². The van der Waals surface area contributed by atoms with Gasteiger partial charge in [-0.2, -0.15) is 0 Å². The van der Waals surface area contributed by atoms with Crippen LogP contribution in [0.2, 0.25) is 0 Å². The summed E-state index contributed by atoms with van der Waals surface area (Å²) in [7, 11) is 1.47. The molecule has 0 atom stereocenters. The van der Waals surface area contributed by atoms with E-state index in [1.165, 1.54) is 7.11 Å². The summed E-state index contributed by atoms with van der Waals surface area (Å²) in [4.78, 5) is 34.3. The van der Waals surface area contributed by atoms with Crippen LogP contribution in [0.5, 0.6) is 0 Å². The van der Waals surface area contributed by atoms with Crippen molar-refractivity contribution < 1.29 is 18.7 Å². The number of nitrogens with zero attached hydrogens (tertiary/aromatic N) is 3. The van der Waals surface area contributed by atoms with Gasteiger partial charge in [0.15, 0.2) is 11.5 Å². The van der Waals surface area contributed by atoms with Gasteiger partial charge in [0.25, 0.3) is 5.91 Å². The molecule has 2 heterocycles. The van der Waals surface area contributed by atoms with Crippen LogP contribution in [0.3, 0.4) is 0 Å². The van der Waals surface area contributed by atoms with Crippen molar-refractivity contribution in [2.75, 3.05) is 50.1 Å². The molecular formula is C29H28N4O4. The number of carbonyl (C=O) groups excluding carboxylic acids is 2. The fourth-order valence-electron chi connectivity index (χ4n) is 4.35. The topological polar surface area (TPSA) is 87.9 Å². The third-order valence-corrected chi connectivity index (χ3v) is 6.24. The Labute approximate surface area is 215 Å². The number of para-hydroxylation sites is 1. The lowest BCUT2D eigenvalue weighted by molar-refractivity contribution is -0.119. The summed E-state index contributed by atoms with van der Waals surface area (Å²) in [6.45, 7) is 2.63. The largest absolute Gasteiger partial charge is 0.435 e. The number of aromatic nitrogens is 1. The van der Waals surface area contributed by atoms with Gasteiger partial charge in [-0.3, -0.25) is 9.59 Å². The van der Waals surface area contributed by atoms with Gasteiger partial charge in [-0.15, -0.1) is 0 Å². The summed E-state index contributed by atoms with van der Waals surface area (Å²) < 4.78 is 11.0. The van der Waals surface area contributed by atoms with Gasteiger partial charge < -0.3 is 24.3 Å². The first-order chi connectivity index (χ1) is 18.1. The lowest BCUT2D eigenvalue weighted by Crippen LogP contribution is -2.49. The highest BCUT2D eigenvalue weighted by atomic mass is 16.5. The molecule has 0 radical (unpaired) electrons. The Balaban J connectivity index is 1.40. The van der Waals surface area contributed by atoms with E-state index < -0.39 is 0 Å². The predicted molar refractivity (Wildman–Crippen MR) is 142 cm³/mol. The van der Waals surface area contributed by atoms with Crippen molar-refractivity contribution in [3.8, 4) is 22.8 Å². The zero-order chi connectivity index (χ0) is 25.6. The summed E-state index contributed by atoms with van der Waals surface area (Å²) in [5.41, 5.74) is 3.55. The van der Waals surface area contributed by atoms with Crippen LogP contribution in [-0.2, 0) is 9.53 Å². The van der Waals surface area contributed by atoms with Gasteiger partial charge in [0.1, 0.15) is 6.61 Å². The molecule has 3 aromatic carbocycles. The molecule has 2 amide bonds. The minimum Gasteiger partial charge on any atom is -0.435 e. The zero-order valence-electron chi connectivity index (χ0n) is 20.6. The summed E-state index contributed by atoms with van der Waals surface area (Å²) >= 11 is 0. The molecule has 5 rings (SSSR count). The minimum absolute atomic E-state index is 0.0273. The highest BCUT2D eigenvalue weighted by molar-refractivity contribution is 5.99. The maximum atomic E-state index is 13.7. The van der Waals surface area contributed by atoms with E-state index >= 15 is 0 Å². The zero-order valence-corrected chi connectivity index (χ0v) is 20.6. The number of amides is 2. The second-order valence-corrected chi connectivity index (χ2v) is 8.74. The van der Waals surface area contributed by atoms with Gasteiger partial charge in [0.2, 0.25) is 11.8 Å². The number of methoxy groups -OCH3 is 1. The molecule has 1 fully saturated rings. The predicted octanol–water partition coefficient (Wildman–Crippen LogP) is 4.56. The van der Waals surface area contributed by atoms with Crippen LogP contribution in [0, 0.1) is 0 Å². The average Bonchev–Trinajstić information content (AvgIpc) is 3.40. The number of piperazine rings is 1. The van der Waals surface area contributed by atoms with E-state index in [0.717, 1.165) is 24.3 Å². The SMILES string of the molecule is COCC(=O)Nc1ccc(-c2oc(-c3ccccc3)nc2C(=O)N2CCN(c3ccccc3)CC2)cc1. The molecule has 0 spiro atoms. The normalized spacial score (nSPS) is 13.4. The van der Waals surface area contributed by atoms with Crippen LogP contribution in [0.15, 0.2) is 89.3 Å².